The summed E-state index contributed by atoms with van der Waals surface area (Å²) in [5.41, 5.74) is 16.0. The SMILES string of the molecule is CCCCc1ncc(/C=C(/N)Cc2cccs2)n1Cc1ccc(N)cc1. The van der Waals surface area contributed by atoms with Gasteiger partial charge in [0.1, 0.15) is 5.82 Å². The Bertz CT molecular complexity index is 845. The maximum Gasteiger partial charge on any atom is 0.109 e. The van der Waals surface area contributed by atoms with Crippen molar-refractivity contribution in [2.24, 2.45) is 5.73 Å². The molecular weight excluding hydrogens is 340 g/mol. The minimum Gasteiger partial charge on any atom is -0.402 e. The second-order valence-corrected chi connectivity index (χ2v) is 7.54. The highest BCUT2D eigenvalue weighted by Crippen LogP contribution is 2.18. The molecule has 0 amide bonds. The van der Waals surface area contributed by atoms with E-state index in [1.165, 1.54) is 10.4 Å². The topological polar surface area (TPSA) is 69.9 Å². The lowest BCUT2D eigenvalue weighted by Crippen LogP contribution is -2.09. The Morgan fingerprint density at radius 2 is 2.04 bits per heavy atom. The van der Waals surface area contributed by atoms with Crippen LogP contribution in [-0.4, -0.2) is 9.55 Å². The summed E-state index contributed by atoms with van der Waals surface area (Å²) >= 11 is 1.73. The lowest BCUT2D eigenvalue weighted by atomic mass is 10.2. The number of hydrogen-bond acceptors (Lipinski definition) is 4. The number of allylic oxidation sites excluding steroid dienone is 1. The van der Waals surface area contributed by atoms with E-state index in [0.717, 1.165) is 55.1 Å². The molecular formula is C21H26N4S. The van der Waals surface area contributed by atoms with Crippen LogP contribution in [0.15, 0.2) is 53.7 Å². The quantitative estimate of drug-likeness (QED) is 0.578. The summed E-state index contributed by atoms with van der Waals surface area (Å²) in [4.78, 5) is 5.93. The molecule has 0 spiro atoms. The van der Waals surface area contributed by atoms with Gasteiger partial charge in [-0.25, -0.2) is 4.98 Å². The number of imidazole rings is 1. The number of benzene rings is 1. The van der Waals surface area contributed by atoms with Gasteiger partial charge in [0.05, 0.1) is 11.9 Å². The number of hydrogen-bond donors (Lipinski definition) is 2. The second-order valence-electron chi connectivity index (χ2n) is 6.51. The minimum absolute atomic E-state index is 0.773. The Balaban J connectivity index is 1.86. The number of rotatable bonds is 8. The highest BCUT2D eigenvalue weighted by molar-refractivity contribution is 7.09. The van der Waals surface area contributed by atoms with Gasteiger partial charge in [0.15, 0.2) is 0 Å². The third-order valence-electron chi connectivity index (χ3n) is 4.34. The van der Waals surface area contributed by atoms with E-state index >= 15 is 0 Å². The number of nitrogens with zero attached hydrogens (tertiary/aromatic N) is 2. The lowest BCUT2D eigenvalue weighted by Gasteiger charge is -2.11. The van der Waals surface area contributed by atoms with Gasteiger partial charge in [0.2, 0.25) is 0 Å². The molecule has 0 saturated carbocycles. The number of anilines is 1. The molecule has 3 aromatic rings. The molecule has 4 N–H and O–H groups in total. The van der Waals surface area contributed by atoms with Gasteiger partial charge in [-0.3, -0.25) is 0 Å². The first-order chi connectivity index (χ1) is 12.7. The molecule has 3 rings (SSSR count). The third kappa shape index (κ3) is 4.76. The highest BCUT2D eigenvalue weighted by Gasteiger charge is 2.10. The maximum atomic E-state index is 6.30. The average Bonchev–Trinajstić information content (AvgIpc) is 3.26. The van der Waals surface area contributed by atoms with Crippen molar-refractivity contribution in [3.05, 3.63) is 75.6 Å². The predicted octanol–water partition coefficient (Wildman–Crippen LogP) is 4.46. The van der Waals surface area contributed by atoms with Crippen LogP contribution in [0.4, 0.5) is 5.69 Å². The number of thiophene rings is 1. The van der Waals surface area contributed by atoms with E-state index in [-0.39, 0.29) is 0 Å². The van der Waals surface area contributed by atoms with Crippen molar-refractivity contribution in [3.63, 3.8) is 0 Å². The number of nitrogens with two attached hydrogens (primary N) is 2. The molecule has 5 heteroatoms. The molecule has 0 aliphatic heterocycles. The fraction of sp³-hybridized carbons (Fsp3) is 0.286. The Morgan fingerprint density at radius 1 is 1.23 bits per heavy atom. The fourth-order valence-electron chi connectivity index (χ4n) is 2.92. The van der Waals surface area contributed by atoms with Gasteiger partial charge in [-0.2, -0.15) is 0 Å². The second kappa shape index (κ2) is 8.72. The van der Waals surface area contributed by atoms with Crippen molar-refractivity contribution in [2.75, 3.05) is 5.73 Å². The minimum atomic E-state index is 0.773. The van der Waals surface area contributed by atoms with Crippen molar-refractivity contribution >= 4 is 23.1 Å². The zero-order valence-corrected chi connectivity index (χ0v) is 16.0. The van der Waals surface area contributed by atoms with Gasteiger partial charge in [-0.1, -0.05) is 31.5 Å². The van der Waals surface area contributed by atoms with E-state index in [1.54, 1.807) is 11.3 Å². The van der Waals surface area contributed by atoms with Crippen molar-refractivity contribution in [1.29, 1.82) is 0 Å². The average molecular weight is 367 g/mol. The fourth-order valence-corrected chi connectivity index (χ4v) is 3.66. The van der Waals surface area contributed by atoms with Crippen LogP contribution in [0, 0.1) is 0 Å². The van der Waals surface area contributed by atoms with E-state index in [1.807, 2.05) is 18.3 Å². The van der Waals surface area contributed by atoms with Gasteiger partial charge < -0.3 is 16.0 Å². The van der Waals surface area contributed by atoms with Gasteiger partial charge >= 0.3 is 0 Å². The lowest BCUT2D eigenvalue weighted by molar-refractivity contribution is 0.674. The zero-order chi connectivity index (χ0) is 18.4. The van der Waals surface area contributed by atoms with Crippen LogP contribution in [-0.2, 0) is 19.4 Å². The normalized spacial score (nSPS) is 11.8. The van der Waals surface area contributed by atoms with E-state index in [4.69, 9.17) is 11.5 Å². The molecule has 0 unspecified atom stereocenters. The molecule has 0 radical (unpaired) electrons. The Kier molecular flexibility index (Phi) is 6.12. The van der Waals surface area contributed by atoms with Gasteiger partial charge in [-0.15, -0.1) is 11.3 Å². The molecule has 4 nitrogen and oxygen atoms in total. The van der Waals surface area contributed by atoms with Crippen LogP contribution in [0.1, 0.15) is 41.7 Å². The van der Waals surface area contributed by atoms with Gasteiger partial charge in [0.25, 0.3) is 0 Å². The number of aromatic nitrogens is 2. The van der Waals surface area contributed by atoms with Crippen molar-refractivity contribution in [1.82, 2.24) is 9.55 Å². The van der Waals surface area contributed by atoms with Crippen LogP contribution in [0.25, 0.3) is 6.08 Å². The van der Waals surface area contributed by atoms with Crippen LogP contribution in [0.2, 0.25) is 0 Å². The molecule has 0 fully saturated rings. The molecule has 136 valence electrons. The summed E-state index contributed by atoms with van der Waals surface area (Å²) in [6, 6.07) is 12.2. The summed E-state index contributed by atoms with van der Waals surface area (Å²) in [7, 11) is 0. The molecule has 0 atom stereocenters. The van der Waals surface area contributed by atoms with Crippen molar-refractivity contribution in [2.45, 2.75) is 39.2 Å². The maximum absolute atomic E-state index is 6.30. The standard InChI is InChI=1S/C21H26N4S/c1-2-3-6-21-24-14-19(12-18(23)13-20-5-4-11-26-20)25(21)15-16-7-9-17(22)10-8-16/h4-5,7-12,14H,2-3,6,13,15,22-23H2,1H3/b18-12+. The monoisotopic (exact) mass is 366 g/mol. The molecule has 0 saturated heterocycles. The molecule has 2 aromatic heterocycles. The first kappa shape index (κ1) is 18.3. The summed E-state index contributed by atoms with van der Waals surface area (Å²) in [5.74, 6) is 1.11. The van der Waals surface area contributed by atoms with Crippen molar-refractivity contribution < 1.29 is 0 Å². The number of aryl methyl sites for hydroxylation is 1. The Morgan fingerprint density at radius 3 is 2.73 bits per heavy atom. The summed E-state index contributed by atoms with van der Waals surface area (Å²) in [5, 5.41) is 2.08. The highest BCUT2D eigenvalue weighted by atomic mass is 32.1. The zero-order valence-electron chi connectivity index (χ0n) is 15.2. The summed E-state index contributed by atoms with van der Waals surface area (Å²) in [6.45, 7) is 2.98. The smallest absolute Gasteiger partial charge is 0.109 e. The summed E-state index contributed by atoms with van der Waals surface area (Å²) < 4.78 is 2.27. The van der Waals surface area contributed by atoms with E-state index in [9.17, 15) is 0 Å². The van der Waals surface area contributed by atoms with Crippen LogP contribution < -0.4 is 11.5 Å². The predicted molar refractivity (Wildman–Crippen MR) is 111 cm³/mol. The van der Waals surface area contributed by atoms with Crippen LogP contribution in [0.5, 0.6) is 0 Å². The third-order valence-corrected chi connectivity index (χ3v) is 5.21. The largest absolute Gasteiger partial charge is 0.402 e. The van der Waals surface area contributed by atoms with E-state index in [2.05, 4.69) is 52.2 Å². The van der Waals surface area contributed by atoms with Gasteiger partial charge in [-0.05, 0) is 41.6 Å². The van der Waals surface area contributed by atoms with Crippen LogP contribution >= 0.6 is 11.3 Å². The molecule has 1 aromatic carbocycles. The number of nitrogen functional groups attached to an aromatic ring is 1. The summed E-state index contributed by atoms with van der Waals surface area (Å²) in [6.07, 6.45) is 8.02. The van der Waals surface area contributed by atoms with Gasteiger partial charge in [0, 0.05) is 35.6 Å². The molecule has 0 aliphatic rings. The molecule has 26 heavy (non-hydrogen) atoms. The first-order valence-corrected chi connectivity index (χ1v) is 9.91. The van der Waals surface area contributed by atoms with Crippen LogP contribution in [0.3, 0.4) is 0 Å². The van der Waals surface area contributed by atoms with Crippen molar-refractivity contribution in [3.8, 4) is 0 Å². The first-order valence-electron chi connectivity index (χ1n) is 9.03. The number of unbranched alkanes of at least 4 members (excludes halogenated alkanes) is 1. The van der Waals surface area contributed by atoms with E-state index < -0.39 is 0 Å². The molecule has 2 heterocycles. The Hall–Kier alpha value is -2.53. The molecule has 0 aliphatic carbocycles. The Labute approximate surface area is 159 Å². The molecule has 0 bridgehead atoms. The van der Waals surface area contributed by atoms with E-state index in [0.29, 0.717) is 0 Å².